The normalized spacial score (nSPS) is 16.0. The zero-order valence-corrected chi connectivity index (χ0v) is 12.5. The van der Waals surface area contributed by atoms with Crippen LogP contribution < -0.4 is 0 Å². The molecule has 1 atom stereocenters. The minimum Gasteiger partial charge on any atom is -0.376 e. The maximum absolute atomic E-state index is 13.4. The van der Waals surface area contributed by atoms with Gasteiger partial charge in [0.25, 0.3) is 0 Å². The molecule has 4 heteroatoms. The SMILES string of the molecule is CC(C)(C)c1ccc2ccccc2c1C(C)(O)C(F)(F)F. The van der Waals surface area contributed by atoms with Crippen LogP contribution in [0.2, 0.25) is 0 Å². The summed E-state index contributed by atoms with van der Waals surface area (Å²) in [5, 5.41) is 11.4. The van der Waals surface area contributed by atoms with Crippen LogP contribution in [0, 0.1) is 0 Å². The molecule has 2 aromatic carbocycles. The molecule has 0 aliphatic rings. The topological polar surface area (TPSA) is 20.2 Å². The second-order valence-electron chi connectivity index (χ2n) is 6.53. The van der Waals surface area contributed by atoms with Gasteiger partial charge in [-0.25, -0.2) is 0 Å². The van der Waals surface area contributed by atoms with Crippen LogP contribution in [0.15, 0.2) is 36.4 Å². The fourth-order valence-electron chi connectivity index (χ4n) is 2.56. The summed E-state index contributed by atoms with van der Waals surface area (Å²) in [6, 6.07) is 10.3. The van der Waals surface area contributed by atoms with Crippen molar-refractivity contribution in [1.29, 1.82) is 0 Å². The summed E-state index contributed by atoms with van der Waals surface area (Å²) in [5.74, 6) is 0. The summed E-state index contributed by atoms with van der Waals surface area (Å²) in [6.07, 6.45) is -4.74. The highest BCUT2D eigenvalue weighted by atomic mass is 19.4. The van der Waals surface area contributed by atoms with Crippen LogP contribution in [0.3, 0.4) is 0 Å². The molecule has 1 N–H and O–H groups in total. The third-order valence-electron chi connectivity index (χ3n) is 3.78. The summed E-state index contributed by atoms with van der Waals surface area (Å²) >= 11 is 0. The number of aliphatic hydroxyl groups is 1. The van der Waals surface area contributed by atoms with Gasteiger partial charge < -0.3 is 5.11 Å². The van der Waals surface area contributed by atoms with E-state index in [0.29, 0.717) is 16.3 Å². The Hall–Kier alpha value is -1.55. The molecule has 1 unspecified atom stereocenters. The number of fused-ring (bicyclic) bond motifs is 1. The van der Waals surface area contributed by atoms with E-state index >= 15 is 0 Å². The van der Waals surface area contributed by atoms with Crippen LogP contribution in [0.5, 0.6) is 0 Å². The van der Waals surface area contributed by atoms with E-state index < -0.39 is 17.2 Å². The van der Waals surface area contributed by atoms with Crippen LogP contribution in [0.1, 0.15) is 38.8 Å². The van der Waals surface area contributed by atoms with Gasteiger partial charge in [0, 0.05) is 5.56 Å². The Labute approximate surface area is 122 Å². The molecule has 0 aliphatic carbocycles. The number of halogens is 3. The molecule has 0 heterocycles. The molecule has 1 nitrogen and oxygen atoms in total. The van der Waals surface area contributed by atoms with Gasteiger partial charge in [0.1, 0.15) is 0 Å². The van der Waals surface area contributed by atoms with Gasteiger partial charge >= 0.3 is 6.18 Å². The largest absolute Gasteiger partial charge is 0.421 e. The van der Waals surface area contributed by atoms with Gasteiger partial charge in [0.15, 0.2) is 5.60 Å². The zero-order valence-electron chi connectivity index (χ0n) is 12.5. The Kier molecular flexibility index (Phi) is 3.57. The molecule has 0 spiro atoms. The van der Waals surface area contributed by atoms with E-state index in [2.05, 4.69) is 0 Å². The van der Waals surface area contributed by atoms with Crippen LogP contribution in [-0.4, -0.2) is 11.3 Å². The molecule has 0 aliphatic heterocycles. The zero-order chi connectivity index (χ0) is 16.1. The predicted molar refractivity (Wildman–Crippen MR) is 78.3 cm³/mol. The number of rotatable bonds is 1. The minimum atomic E-state index is -4.74. The van der Waals surface area contributed by atoms with Crippen molar-refractivity contribution in [2.24, 2.45) is 0 Å². The first-order valence-corrected chi connectivity index (χ1v) is 6.78. The molecule has 2 rings (SSSR count). The molecule has 0 saturated heterocycles. The number of alkyl halides is 3. The first kappa shape index (κ1) is 15.8. The fraction of sp³-hybridized carbons (Fsp3) is 0.412. The van der Waals surface area contributed by atoms with Crippen molar-refractivity contribution in [2.75, 3.05) is 0 Å². The fourth-order valence-corrected chi connectivity index (χ4v) is 2.56. The summed E-state index contributed by atoms with van der Waals surface area (Å²) < 4.78 is 40.1. The van der Waals surface area contributed by atoms with E-state index in [9.17, 15) is 18.3 Å². The Morgan fingerprint density at radius 2 is 1.43 bits per heavy atom. The number of hydrogen-bond donors (Lipinski definition) is 1. The van der Waals surface area contributed by atoms with Crippen molar-refractivity contribution in [2.45, 2.75) is 44.9 Å². The smallest absolute Gasteiger partial charge is 0.376 e. The van der Waals surface area contributed by atoms with Gasteiger partial charge in [-0.2, -0.15) is 13.2 Å². The van der Waals surface area contributed by atoms with Crippen LogP contribution in [-0.2, 0) is 11.0 Å². The van der Waals surface area contributed by atoms with Gasteiger partial charge in [0.05, 0.1) is 0 Å². The van der Waals surface area contributed by atoms with Crippen molar-refractivity contribution in [3.8, 4) is 0 Å². The quantitative estimate of drug-likeness (QED) is 0.793. The predicted octanol–water partition coefficient (Wildman–Crippen LogP) is 4.91. The van der Waals surface area contributed by atoms with Gasteiger partial charge in [-0.15, -0.1) is 0 Å². The van der Waals surface area contributed by atoms with Crippen LogP contribution >= 0.6 is 0 Å². The first-order valence-electron chi connectivity index (χ1n) is 6.78. The summed E-state index contributed by atoms with van der Waals surface area (Å²) in [5.41, 5.74) is -2.95. The summed E-state index contributed by atoms with van der Waals surface area (Å²) in [7, 11) is 0. The van der Waals surface area contributed by atoms with Gasteiger partial charge in [-0.05, 0) is 28.7 Å². The molecular weight excluding hydrogens is 277 g/mol. The molecular formula is C17H19F3O. The lowest BCUT2D eigenvalue weighted by Crippen LogP contribution is -2.41. The molecule has 0 fully saturated rings. The first-order chi connectivity index (χ1) is 9.46. The second-order valence-corrected chi connectivity index (χ2v) is 6.53. The van der Waals surface area contributed by atoms with Crippen molar-refractivity contribution in [1.82, 2.24) is 0 Å². The average molecular weight is 296 g/mol. The van der Waals surface area contributed by atoms with Crippen LogP contribution in [0.4, 0.5) is 13.2 Å². The molecule has 0 bridgehead atoms. The number of hydrogen-bond acceptors (Lipinski definition) is 1. The molecule has 2 aromatic rings. The highest BCUT2D eigenvalue weighted by Crippen LogP contribution is 2.45. The van der Waals surface area contributed by atoms with E-state index in [-0.39, 0.29) is 5.56 Å². The van der Waals surface area contributed by atoms with E-state index in [1.807, 2.05) is 20.8 Å². The Morgan fingerprint density at radius 1 is 0.857 bits per heavy atom. The summed E-state index contributed by atoms with van der Waals surface area (Å²) in [6.45, 7) is 6.34. The van der Waals surface area contributed by atoms with Crippen molar-refractivity contribution >= 4 is 10.8 Å². The Morgan fingerprint density at radius 3 is 1.95 bits per heavy atom. The lowest BCUT2D eigenvalue weighted by atomic mass is 9.76. The molecule has 0 radical (unpaired) electrons. The molecule has 0 aromatic heterocycles. The average Bonchev–Trinajstić information content (AvgIpc) is 2.34. The van der Waals surface area contributed by atoms with E-state index in [1.54, 1.807) is 36.4 Å². The van der Waals surface area contributed by atoms with E-state index in [1.165, 1.54) is 0 Å². The van der Waals surface area contributed by atoms with E-state index in [0.717, 1.165) is 6.92 Å². The Balaban J connectivity index is 2.92. The molecule has 114 valence electrons. The standard InChI is InChI=1S/C17H19F3O/c1-15(2,3)13-10-9-11-7-5-6-8-12(11)14(13)16(4,21)17(18,19)20/h5-10,21H,1-4H3. The lowest BCUT2D eigenvalue weighted by molar-refractivity contribution is -0.258. The summed E-state index contributed by atoms with van der Waals surface area (Å²) in [4.78, 5) is 0. The van der Waals surface area contributed by atoms with Gasteiger partial charge in [-0.1, -0.05) is 57.2 Å². The molecule has 0 saturated carbocycles. The van der Waals surface area contributed by atoms with Crippen molar-refractivity contribution in [3.63, 3.8) is 0 Å². The van der Waals surface area contributed by atoms with Crippen LogP contribution in [0.25, 0.3) is 10.8 Å². The van der Waals surface area contributed by atoms with Crippen molar-refractivity contribution in [3.05, 3.63) is 47.5 Å². The van der Waals surface area contributed by atoms with Gasteiger partial charge in [-0.3, -0.25) is 0 Å². The number of benzene rings is 2. The highest BCUT2D eigenvalue weighted by molar-refractivity contribution is 5.88. The Bertz CT molecular complexity index is 664. The van der Waals surface area contributed by atoms with Crippen molar-refractivity contribution < 1.29 is 18.3 Å². The van der Waals surface area contributed by atoms with Gasteiger partial charge in [0.2, 0.25) is 0 Å². The third-order valence-corrected chi connectivity index (χ3v) is 3.78. The molecule has 21 heavy (non-hydrogen) atoms. The maximum Gasteiger partial charge on any atom is 0.421 e. The minimum absolute atomic E-state index is 0.0550. The maximum atomic E-state index is 13.4. The lowest BCUT2D eigenvalue weighted by Gasteiger charge is -2.34. The van der Waals surface area contributed by atoms with E-state index in [4.69, 9.17) is 0 Å². The third kappa shape index (κ3) is 2.64. The molecule has 0 amide bonds. The monoisotopic (exact) mass is 296 g/mol. The second kappa shape index (κ2) is 4.73. The highest BCUT2D eigenvalue weighted by Gasteiger charge is 2.53.